The van der Waals surface area contributed by atoms with Crippen molar-refractivity contribution in [2.24, 2.45) is 0 Å². The van der Waals surface area contributed by atoms with Crippen LogP contribution < -0.4 is 17.6 Å². The van der Waals surface area contributed by atoms with Crippen molar-refractivity contribution in [2.45, 2.75) is 0 Å². The van der Waals surface area contributed by atoms with Crippen molar-refractivity contribution in [2.75, 3.05) is 0 Å². The Balaban J connectivity index is 0. The van der Waals surface area contributed by atoms with Crippen LogP contribution in [0.2, 0.25) is 0 Å². The summed E-state index contributed by atoms with van der Waals surface area (Å²) in [4.78, 5) is 20.1. The Morgan fingerprint density at radius 1 is 1.00 bits per heavy atom. The number of carbonyl (C=O) groups excluding carboxylic acids is 2. The first kappa shape index (κ1) is 10.7. The second-order valence-corrected chi connectivity index (χ2v) is 1.19. The monoisotopic (exact) mass is 131 g/mol. The van der Waals surface area contributed by atoms with Gasteiger partial charge in [-0.1, -0.05) is 0 Å². The number of nitrogens with one attached hydrogen (secondary N) is 1. The molecule has 1 aliphatic heterocycles. The average molecular weight is 131 g/mol. The van der Waals surface area contributed by atoms with Crippen molar-refractivity contribution in [3.05, 3.63) is 12.2 Å². The summed E-state index contributed by atoms with van der Waals surface area (Å²) in [6, 6.07) is 0. The summed E-state index contributed by atoms with van der Waals surface area (Å²) in [7, 11) is 0. The summed E-state index contributed by atoms with van der Waals surface area (Å²) in [6.07, 6.45) is 2.39. The minimum Gasteiger partial charge on any atom is -0.344 e. The van der Waals surface area contributed by atoms with Gasteiger partial charge < -0.3 is 12.3 Å². The summed E-state index contributed by atoms with van der Waals surface area (Å²) in [5.74, 6) is -0.657. The van der Waals surface area contributed by atoms with Crippen LogP contribution in [-0.2, 0) is 9.59 Å². The molecule has 0 saturated heterocycles. The molecule has 1 rings (SSSR count). The highest BCUT2D eigenvalue weighted by molar-refractivity contribution is 6.12. The molecule has 0 fully saturated rings. The molecule has 0 aromatic rings. The van der Waals surface area contributed by atoms with E-state index in [1.807, 2.05) is 5.32 Å². The van der Waals surface area contributed by atoms with Gasteiger partial charge in [0.2, 0.25) is 0 Å². The highest BCUT2D eigenvalue weighted by Gasteiger charge is 2.06. The molecular weight excluding hydrogens is 122 g/mol. The molecule has 2 amide bonds. The largest absolute Gasteiger partial charge is 0.344 e. The smallest absolute Gasteiger partial charge is 0.250 e. The van der Waals surface area contributed by atoms with Gasteiger partial charge in [0.05, 0.1) is 0 Å². The lowest BCUT2D eigenvalue weighted by Gasteiger charge is -1.80. The molecular formula is C4H9N3O2. The molecule has 1 aliphatic rings. The minimum absolute atomic E-state index is 0. The third kappa shape index (κ3) is 2.58. The van der Waals surface area contributed by atoms with Crippen LogP contribution >= 0.6 is 0 Å². The van der Waals surface area contributed by atoms with E-state index in [4.69, 9.17) is 0 Å². The van der Waals surface area contributed by atoms with E-state index >= 15 is 0 Å². The quantitative estimate of drug-likeness (QED) is 0.385. The molecule has 52 valence electrons. The summed E-state index contributed by atoms with van der Waals surface area (Å²) in [5.41, 5.74) is 0. The highest BCUT2D eigenvalue weighted by atomic mass is 16.2. The van der Waals surface area contributed by atoms with Crippen molar-refractivity contribution in [1.29, 1.82) is 0 Å². The second-order valence-electron chi connectivity index (χ2n) is 1.19. The van der Waals surface area contributed by atoms with Crippen LogP contribution in [-0.4, -0.2) is 11.8 Å². The first-order valence-electron chi connectivity index (χ1n) is 1.82. The molecule has 0 atom stereocenters. The van der Waals surface area contributed by atoms with Crippen LogP contribution in [0.3, 0.4) is 0 Å². The lowest BCUT2D eigenvalue weighted by atomic mass is 10.6. The van der Waals surface area contributed by atoms with Gasteiger partial charge in [-0.15, -0.1) is 0 Å². The first-order valence-corrected chi connectivity index (χ1v) is 1.82. The van der Waals surface area contributed by atoms with E-state index in [1.165, 1.54) is 12.2 Å². The predicted molar refractivity (Wildman–Crippen MR) is 32.3 cm³/mol. The Hall–Kier alpha value is -1.20. The van der Waals surface area contributed by atoms with Crippen LogP contribution in [0.1, 0.15) is 0 Å². The van der Waals surface area contributed by atoms with E-state index in [-0.39, 0.29) is 24.1 Å². The van der Waals surface area contributed by atoms with Crippen LogP contribution in [0, 0.1) is 0 Å². The third-order valence-electron chi connectivity index (χ3n) is 0.632. The Morgan fingerprint density at radius 3 is 1.44 bits per heavy atom. The Labute approximate surface area is 52.3 Å². The molecule has 5 nitrogen and oxygen atoms in total. The first-order chi connectivity index (χ1) is 3.29. The maximum absolute atomic E-state index is 10.0. The van der Waals surface area contributed by atoms with Crippen LogP contribution in [0.15, 0.2) is 12.2 Å². The number of amides is 2. The average Bonchev–Trinajstić information content (AvgIpc) is 1.87. The molecule has 9 heavy (non-hydrogen) atoms. The van der Waals surface area contributed by atoms with Crippen molar-refractivity contribution >= 4 is 11.8 Å². The maximum Gasteiger partial charge on any atom is 0.250 e. The van der Waals surface area contributed by atoms with E-state index in [0.29, 0.717) is 0 Å². The zero-order valence-corrected chi connectivity index (χ0v) is 4.89. The van der Waals surface area contributed by atoms with Crippen molar-refractivity contribution in [1.82, 2.24) is 17.6 Å². The normalized spacial score (nSPS) is 13.8. The van der Waals surface area contributed by atoms with Crippen molar-refractivity contribution in [3.8, 4) is 0 Å². The zero-order valence-electron chi connectivity index (χ0n) is 4.89. The molecule has 1 heterocycles. The van der Waals surface area contributed by atoms with Crippen LogP contribution in [0.25, 0.3) is 0 Å². The fourth-order valence-corrected chi connectivity index (χ4v) is 0.356. The second kappa shape index (κ2) is 3.76. The Bertz CT molecular complexity index is 136. The molecule has 0 aliphatic carbocycles. The molecule has 0 bridgehead atoms. The molecule has 0 aromatic carbocycles. The SMILES string of the molecule is N.N.O=C1C=CC(=O)N1. The third-order valence-corrected chi connectivity index (χ3v) is 0.632. The summed E-state index contributed by atoms with van der Waals surface area (Å²) in [5, 5.41) is 2.03. The van der Waals surface area contributed by atoms with E-state index in [9.17, 15) is 9.59 Å². The number of hydrogen-bond donors (Lipinski definition) is 3. The van der Waals surface area contributed by atoms with Gasteiger partial charge in [0.15, 0.2) is 0 Å². The highest BCUT2D eigenvalue weighted by Crippen LogP contribution is 1.82. The van der Waals surface area contributed by atoms with Gasteiger partial charge in [-0.3, -0.25) is 14.9 Å². The Kier molecular flexibility index (Phi) is 4.48. The molecule has 0 radical (unpaired) electrons. The standard InChI is InChI=1S/C4H3NO2.2H3N/c6-3-1-2-4(7)5-3;;/h1-2H,(H,5,6,7);2*1H3. The van der Waals surface area contributed by atoms with E-state index < -0.39 is 0 Å². The van der Waals surface area contributed by atoms with Gasteiger partial charge in [0, 0.05) is 12.2 Å². The lowest BCUT2D eigenvalue weighted by Crippen LogP contribution is -2.19. The van der Waals surface area contributed by atoms with Crippen LogP contribution in [0.5, 0.6) is 0 Å². The zero-order chi connectivity index (χ0) is 5.28. The van der Waals surface area contributed by atoms with Gasteiger partial charge in [-0.25, -0.2) is 0 Å². The molecule has 5 heteroatoms. The van der Waals surface area contributed by atoms with Crippen LogP contribution in [0.4, 0.5) is 0 Å². The maximum atomic E-state index is 10.0. The summed E-state index contributed by atoms with van der Waals surface area (Å²) >= 11 is 0. The minimum atomic E-state index is -0.329. The van der Waals surface area contributed by atoms with Crippen molar-refractivity contribution < 1.29 is 9.59 Å². The number of hydrogen-bond acceptors (Lipinski definition) is 4. The van der Waals surface area contributed by atoms with Gasteiger partial charge in [0.1, 0.15) is 0 Å². The fourth-order valence-electron chi connectivity index (χ4n) is 0.356. The van der Waals surface area contributed by atoms with Gasteiger partial charge >= 0.3 is 0 Å². The number of carbonyl (C=O) groups is 2. The molecule has 0 aromatic heterocycles. The Morgan fingerprint density at radius 2 is 1.33 bits per heavy atom. The van der Waals surface area contributed by atoms with Gasteiger partial charge in [-0.05, 0) is 0 Å². The summed E-state index contributed by atoms with van der Waals surface area (Å²) < 4.78 is 0. The predicted octanol–water partition coefficient (Wildman–Crippen LogP) is -0.477. The summed E-state index contributed by atoms with van der Waals surface area (Å²) in [6.45, 7) is 0. The molecule has 0 spiro atoms. The number of rotatable bonds is 0. The lowest BCUT2D eigenvalue weighted by molar-refractivity contribution is -0.123. The van der Waals surface area contributed by atoms with E-state index in [1.54, 1.807) is 0 Å². The number of imide groups is 1. The van der Waals surface area contributed by atoms with Gasteiger partial charge in [0.25, 0.3) is 11.8 Å². The topological polar surface area (TPSA) is 116 Å². The van der Waals surface area contributed by atoms with Crippen molar-refractivity contribution in [3.63, 3.8) is 0 Å². The molecule has 0 saturated carbocycles. The van der Waals surface area contributed by atoms with E-state index in [0.717, 1.165) is 0 Å². The molecule has 7 N–H and O–H groups in total. The fraction of sp³-hybridized carbons (Fsp3) is 0. The molecule has 0 unspecified atom stereocenters. The van der Waals surface area contributed by atoms with Gasteiger partial charge in [-0.2, -0.15) is 0 Å². The van der Waals surface area contributed by atoms with E-state index in [2.05, 4.69) is 0 Å².